The van der Waals surface area contributed by atoms with Gasteiger partial charge in [0.25, 0.3) is 0 Å². The Balaban J connectivity index is 2.35. The molecule has 0 radical (unpaired) electrons. The molecule has 0 bridgehead atoms. The number of nitrogens with one attached hydrogen (secondary N) is 2. The van der Waals surface area contributed by atoms with Gasteiger partial charge in [-0.25, -0.2) is 0 Å². The Labute approximate surface area is 188 Å². The molecule has 0 unspecified atom stereocenters. The summed E-state index contributed by atoms with van der Waals surface area (Å²) in [5.41, 5.74) is 0. The lowest BCUT2D eigenvalue weighted by molar-refractivity contribution is -0.170. The van der Waals surface area contributed by atoms with Crippen LogP contribution >= 0.6 is 0 Å². The summed E-state index contributed by atoms with van der Waals surface area (Å²) in [7, 11) is 0. The molecular formula is C24H44N2O5. The van der Waals surface area contributed by atoms with E-state index in [2.05, 4.69) is 17.6 Å². The van der Waals surface area contributed by atoms with Crippen LogP contribution in [0.5, 0.6) is 0 Å². The van der Waals surface area contributed by atoms with Gasteiger partial charge in [-0.2, -0.15) is 0 Å². The van der Waals surface area contributed by atoms with E-state index in [1.807, 2.05) is 13.8 Å². The number of hydrogen-bond acceptors (Lipinski definition) is 5. The Morgan fingerprint density at radius 3 is 2.19 bits per heavy atom. The molecule has 2 N–H and O–H groups in total. The van der Waals surface area contributed by atoms with Gasteiger partial charge in [0.15, 0.2) is 0 Å². The summed E-state index contributed by atoms with van der Waals surface area (Å²) in [6, 6.07) is -0.982. The van der Waals surface area contributed by atoms with E-state index in [1.54, 1.807) is 0 Å². The average molecular weight is 441 g/mol. The maximum atomic E-state index is 12.8. The van der Waals surface area contributed by atoms with Gasteiger partial charge in [0.05, 0.1) is 12.6 Å². The van der Waals surface area contributed by atoms with Crippen molar-refractivity contribution in [3.05, 3.63) is 0 Å². The number of unbranched alkanes of at least 4 members (excludes halogenated alkanes) is 8. The van der Waals surface area contributed by atoms with Crippen molar-refractivity contribution in [3.63, 3.8) is 0 Å². The van der Waals surface area contributed by atoms with E-state index in [4.69, 9.17) is 9.47 Å². The number of amides is 2. The molecule has 1 fully saturated rings. The van der Waals surface area contributed by atoms with Crippen molar-refractivity contribution in [3.8, 4) is 0 Å². The second-order valence-corrected chi connectivity index (χ2v) is 9.08. The van der Waals surface area contributed by atoms with Crippen LogP contribution in [-0.2, 0) is 23.9 Å². The number of esters is 1. The third-order valence-corrected chi connectivity index (χ3v) is 5.52. The smallest absolute Gasteiger partial charge is 0.305 e. The van der Waals surface area contributed by atoms with Crippen LogP contribution in [0.25, 0.3) is 0 Å². The molecule has 0 saturated carbocycles. The van der Waals surface area contributed by atoms with Crippen LogP contribution < -0.4 is 10.6 Å². The molecule has 0 aliphatic carbocycles. The lowest BCUT2D eigenvalue weighted by atomic mass is 10.0. The molecule has 2 amide bonds. The van der Waals surface area contributed by atoms with Crippen molar-refractivity contribution >= 4 is 17.8 Å². The monoisotopic (exact) mass is 440 g/mol. The molecule has 3 atom stereocenters. The summed E-state index contributed by atoms with van der Waals surface area (Å²) in [6.07, 6.45) is 11.6. The van der Waals surface area contributed by atoms with Crippen molar-refractivity contribution in [2.75, 3.05) is 6.61 Å². The third-order valence-electron chi connectivity index (χ3n) is 5.52. The van der Waals surface area contributed by atoms with Crippen molar-refractivity contribution in [1.82, 2.24) is 10.6 Å². The van der Waals surface area contributed by atoms with Crippen molar-refractivity contribution in [2.24, 2.45) is 5.92 Å². The molecule has 0 spiro atoms. The van der Waals surface area contributed by atoms with Crippen LogP contribution in [0.4, 0.5) is 0 Å². The number of hydrogen-bond donors (Lipinski definition) is 2. The largest absolute Gasteiger partial charge is 0.434 e. The molecule has 0 aromatic rings. The second kappa shape index (κ2) is 16.1. The highest BCUT2D eigenvalue weighted by molar-refractivity contribution is 5.87. The first-order chi connectivity index (χ1) is 14.8. The van der Waals surface area contributed by atoms with Gasteiger partial charge in [0.2, 0.25) is 18.1 Å². The second-order valence-electron chi connectivity index (χ2n) is 9.08. The highest BCUT2D eigenvalue weighted by atomic mass is 16.7. The highest BCUT2D eigenvalue weighted by Gasteiger charge is 2.34. The zero-order valence-electron chi connectivity index (χ0n) is 20.0. The number of carbonyl (C=O) groups is 3. The standard InChI is InChI=1S/C24H44N2O5/c1-5-6-7-8-9-10-11-12-13-14-22(28)25-21(17-18(2)3)23(29)26-20-15-16-30-24(20)31-19(4)27/h18,20-21,24H,5-17H2,1-4H3,(H,25,28)(H,26,29)/t20-,21-,24-/m0/s1. The zero-order valence-corrected chi connectivity index (χ0v) is 20.0. The van der Waals surface area contributed by atoms with Crippen molar-refractivity contribution in [1.29, 1.82) is 0 Å². The van der Waals surface area contributed by atoms with E-state index in [-0.39, 0.29) is 23.8 Å². The fraction of sp³-hybridized carbons (Fsp3) is 0.875. The van der Waals surface area contributed by atoms with Gasteiger partial charge in [0.1, 0.15) is 6.04 Å². The van der Waals surface area contributed by atoms with Crippen LogP contribution in [-0.4, -0.2) is 42.8 Å². The molecule has 1 rings (SSSR count). The molecule has 1 aliphatic rings. The summed E-state index contributed by atoms with van der Waals surface area (Å²) < 4.78 is 10.5. The number of rotatable bonds is 16. The Bertz CT molecular complexity index is 538. The first kappa shape index (κ1) is 27.4. The molecule has 0 aromatic carbocycles. The van der Waals surface area contributed by atoms with E-state index in [0.717, 1.165) is 19.3 Å². The van der Waals surface area contributed by atoms with Gasteiger partial charge in [-0.3, -0.25) is 14.4 Å². The minimum atomic E-state index is -0.765. The van der Waals surface area contributed by atoms with Gasteiger partial charge in [0, 0.05) is 13.3 Å². The molecule has 7 nitrogen and oxygen atoms in total. The van der Waals surface area contributed by atoms with Gasteiger partial charge >= 0.3 is 5.97 Å². The summed E-state index contributed by atoms with van der Waals surface area (Å²) in [5, 5.41) is 5.80. The lowest BCUT2D eigenvalue weighted by Gasteiger charge is -2.24. The molecule has 1 aliphatic heterocycles. The van der Waals surface area contributed by atoms with Crippen LogP contribution in [0, 0.1) is 5.92 Å². The molecule has 180 valence electrons. The Hall–Kier alpha value is -1.63. The van der Waals surface area contributed by atoms with E-state index < -0.39 is 18.3 Å². The predicted molar refractivity (Wildman–Crippen MR) is 121 cm³/mol. The average Bonchev–Trinajstić information content (AvgIpc) is 3.11. The Morgan fingerprint density at radius 1 is 1.00 bits per heavy atom. The normalized spacial score (nSPS) is 19.3. The molecular weight excluding hydrogens is 396 g/mol. The summed E-state index contributed by atoms with van der Waals surface area (Å²) in [6.45, 7) is 8.00. The SMILES string of the molecule is CCCCCCCCCCCC(=O)N[C@@H](CC(C)C)C(=O)N[C@H]1CCO[C@H]1OC(C)=O. The molecule has 1 saturated heterocycles. The van der Waals surface area contributed by atoms with Gasteiger partial charge in [-0.15, -0.1) is 0 Å². The molecule has 0 aromatic heterocycles. The fourth-order valence-electron chi connectivity index (χ4n) is 3.83. The first-order valence-electron chi connectivity index (χ1n) is 12.2. The van der Waals surface area contributed by atoms with Crippen LogP contribution in [0.2, 0.25) is 0 Å². The van der Waals surface area contributed by atoms with Gasteiger partial charge in [-0.1, -0.05) is 72.1 Å². The van der Waals surface area contributed by atoms with Crippen LogP contribution in [0.3, 0.4) is 0 Å². The zero-order chi connectivity index (χ0) is 23.1. The minimum Gasteiger partial charge on any atom is -0.434 e. The highest BCUT2D eigenvalue weighted by Crippen LogP contribution is 2.16. The minimum absolute atomic E-state index is 0.0806. The van der Waals surface area contributed by atoms with Crippen LogP contribution in [0.15, 0.2) is 0 Å². The van der Waals surface area contributed by atoms with E-state index in [0.29, 0.717) is 25.9 Å². The number of ether oxygens (including phenoxy) is 2. The maximum Gasteiger partial charge on any atom is 0.305 e. The van der Waals surface area contributed by atoms with E-state index >= 15 is 0 Å². The van der Waals surface area contributed by atoms with Gasteiger partial charge < -0.3 is 20.1 Å². The molecule has 1 heterocycles. The maximum absolute atomic E-state index is 12.8. The van der Waals surface area contributed by atoms with Crippen molar-refractivity contribution < 1.29 is 23.9 Å². The Kier molecular flexibility index (Phi) is 14.2. The summed E-state index contributed by atoms with van der Waals surface area (Å²) in [5.74, 6) is -0.517. The predicted octanol–water partition coefficient (Wildman–Crippen LogP) is 4.23. The van der Waals surface area contributed by atoms with Crippen LogP contribution in [0.1, 0.15) is 105 Å². The quantitative estimate of drug-likeness (QED) is 0.277. The third kappa shape index (κ3) is 12.7. The Morgan fingerprint density at radius 2 is 1.61 bits per heavy atom. The topological polar surface area (TPSA) is 93.7 Å². The molecule has 7 heteroatoms. The summed E-state index contributed by atoms with van der Waals surface area (Å²) in [4.78, 5) is 36.4. The lowest BCUT2D eigenvalue weighted by Crippen LogP contribution is -2.52. The number of carbonyl (C=O) groups excluding carboxylic acids is 3. The fourth-order valence-corrected chi connectivity index (χ4v) is 3.83. The summed E-state index contributed by atoms with van der Waals surface area (Å²) >= 11 is 0. The van der Waals surface area contributed by atoms with Crippen molar-refractivity contribution in [2.45, 2.75) is 123 Å². The van der Waals surface area contributed by atoms with E-state index in [1.165, 1.54) is 45.4 Å². The van der Waals surface area contributed by atoms with E-state index in [9.17, 15) is 14.4 Å². The van der Waals surface area contributed by atoms with Gasteiger partial charge in [-0.05, 0) is 25.2 Å². The first-order valence-corrected chi connectivity index (χ1v) is 12.2. The molecule has 31 heavy (non-hydrogen) atoms.